The highest BCUT2D eigenvalue weighted by Crippen LogP contribution is 2.28. The summed E-state index contributed by atoms with van der Waals surface area (Å²) >= 11 is 0. The average Bonchev–Trinajstić information content (AvgIpc) is 2.81. The Morgan fingerprint density at radius 2 is 2.03 bits per heavy atom. The van der Waals surface area contributed by atoms with Gasteiger partial charge in [0.25, 0.3) is 5.91 Å². The number of amides is 1. The van der Waals surface area contributed by atoms with E-state index in [9.17, 15) is 18.3 Å². The fourth-order valence-electron chi connectivity index (χ4n) is 3.74. The summed E-state index contributed by atoms with van der Waals surface area (Å²) in [5, 5.41) is 9.74. The fourth-order valence-corrected chi connectivity index (χ4v) is 4.95. The van der Waals surface area contributed by atoms with Crippen molar-refractivity contribution in [3.05, 3.63) is 59.8 Å². The van der Waals surface area contributed by atoms with Crippen LogP contribution in [0.4, 0.5) is 0 Å². The molecular weight excluding hydrogens is 442 g/mol. The predicted molar refractivity (Wildman–Crippen MR) is 126 cm³/mol. The number of ether oxygens (including phenoxy) is 1. The lowest BCUT2D eigenvalue weighted by molar-refractivity contribution is 0.0373. The second-order valence-corrected chi connectivity index (χ2v) is 10.4. The molecule has 2 heterocycles. The number of hydrogen-bond donors (Lipinski definition) is 1. The SMILES string of the molecule is C/C=C/c1cnc2c(c1)C(=O)N([C@H](C)CO)C[C@H](C)[C@@H](CN(C)S(=O)(=O)c1ccccc1)O2. The summed E-state index contributed by atoms with van der Waals surface area (Å²) in [6, 6.07) is 9.52. The predicted octanol–water partition coefficient (Wildman–Crippen LogP) is 2.66. The molecule has 1 aliphatic heterocycles. The summed E-state index contributed by atoms with van der Waals surface area (Å²) < 4.78 is 33.5. The van der Waals surface area contributed by atoms with Gasteiger partial charge in [0, 0.05) is 25.7 Å². The highest BCUT2D eigenvalue weighted by atomic mass is 32.2. The van der Waals surface area contributed by atoms with Gasteiger partial charge in [0.15, 0.2) is 0 Å². The first kappa shape index (κ1) is 24.9. The Balaban J connectivity index is 1.98. The van der Waals surface area contributed by atoms with Gasteiger partial charge in [-0.25, -0.2) is 13.4 Å². The van der Waals surface area contributed by atoms with E-state index < -0.39 is 22.2 Å². The number of carbonyl (C=O) groups is 1. The zero-order chi connectivity index (χ0) is 24.2. The molecule has 2 aromatic rings. The van der Waals surface area contributed by atoms with Crippen molar-refractivity contribution in [2.75, 3.05) is 26.7 Å². The number of fused-ring (bicyclic) bond motifs is 1. The number of sulfonamides is 1. The van der Waals surface area contributed by atoms with E-state index in [0.717, 1.165) is 5.56 Å². The molecule has 0 saturated carbocycles. The Hall–Kier alpha value is -2.75. The van der Waals surface area contributed by atoms with Gasteiger partial charge in [-0.1, -0.05) is 37.3 Å². The number of benzene rings is 1. The van der Waals surface area contributed by atoms with Crippen LogP contribution in [0.1, 0.15) is 36.7 Å². The first-order chi connectivity index (χ1) is 15.7. The molecule has 0 aliphatic carbocycles. The summed E-state index contributed by atoms with van der Waals surface area (Å²) in [7, 11) is -2.20. The van der Waals surface area contributed by atoms with E-state index in [1.807, 2.05) is 26.0 Å². The summed E-state index contributed by atoms with van der Waals surface area (Å²) in [6.07, 6.45) is 4.73. The smallest absolute Gasteiger partial charge is 0.259 e. The van der Waals surface area contributed by atoms with E-state index in [0.29, 0.717) is 6.54 Å². The minimum absolute atomic E-state index is 0.0751. The maximum atomic E-state index is 13.3. The number of rotatable bonds is 7. The molecule has 1 aromatic heterocycles. The molecule has 1 aliphatic rings. The van der Waals surface area contributed by atoms with E-state index >= 15 is 0 Å². The summed E-state index contributed by atoms with van der Waals surface area (Å²) in [5.41, 5.74) is 1.04. The largest absolute Gasteiger partial charge is 0.472 e. The third-order valence-electron chi connectivity index (χ3n) is 5.79. The van der Waals surface area contributed by atoms with E-state index in [1.54, 1.807) is 54.4 Å². The first-order valence-corrected chi connectivity index (χ1v) is 12.4. The zero-order valence-electron chi connectivity index (χ0n) is 19.4. The normalized spacial score (nSPS) is 20.3. The number of aliphatic hydroxyl groups is 1. The monoisotopic (exact) mass is 473 g/mol. The number of aliphatic hydroxyl groups excluding tert-OH is 1. The number of carbonyl (C=O) groups excluding carboxylic acids is 1. The van der Waals surface area contributed by atoms with Gasteiger partial charge >= 0.3 is 0 Å². The van der Waals surface area contributed by atoms with Crippen LogP contribution in [-0.4, -0.2) is 72.5 Å². The lowest BCUT2D eigenvalue weighted by atomic mass is 10.00. The van der Waals surface area contributed by atoms with E-state index in [4.69, 9.17) is 4.74 Å². The standard InChI is InChI=1S/C24H31N3O5S/c1-5-9-19-12-21-23(25-13-19)32-22(17(2)14-27(24(21)29)18(3)16-28)15-26(4)33(30,31)20-10-7-6-8-11-20/h5-13,17-18,22,28H,14-16H2,1-4H3/b9-5+/t17-,18+,22+/m0/s1. The summed E-state index contributed by atoms with van der Waals surface area (Å²) in [5.74, 6) is -0.340. The molecular formula is C24H31N3O5S. The average molecular weight is 474 g/mol. The molecule has 0 fully saturated rings. The fraction of sp³-hybridized carbons (Fsp3) is 0.417. The van der Waals surface area contributed by atoms with Crippen LogP contribution in [-0.2, 0) is 10.0 Å². The summed E-state index contributed by atoms with van der Waals surface area (Å²) in [4.78, 5) is 19.5. The van der Waals surface area contributed by atoms with Crippen molar-refractivity contribution in [3.63, 3.8) is 0 Å². The van der Waals surface area contributed by atoms with Crippen LogP contribution in [0.3, 0.4) is 0 Å². The lowest BCUT2D eigenvalue weighted by Gasteiger charge is -2.37. The van der Waals surface area contributed by atoms with Crippen molar-refractivity contribution in [3.8, 4) is 5.88 Å². The number of pyridine rings is 1. The Bertz CT molecular complexity index is 1100. The molecule has 0 bridgehead atoms. The number of nitrogens with zero attached hydrogens (tertiary/aromatic N) is 3. The van der Waals surface area contributed by atoms with E-state index in [1.165, 1.54) is 11.4 Å². The third-order valence-corrected chi connectivity index (χ3v) is 7.63. The lowest BCUT2D eigenvalue weighted by Crippen LogP contribution is -2.50. The molecule has 1 N–H and O–H groups in total. The second kappa shape index (κ2) is 10.5. The van der Waals surface area contributed by atoms with Gasteiger partial charge in [0.2, 0.25) is 15.9 Å². The zero-order valence-corrected chi connectivity index (χ0v) is 20.2. The van der Waals surface area contributed by atoms with Crippen molar-refractivity contribution in [1.29, 1.82) is 0 Å². The van der Waals surface area contributed by atoms with Gasteiger partial charge in [-0.2, -0.15) is 4.31 Å². The van der Waals surface area contributed by atoms with Crippen molar-refractivity contribution in [1.82, 2.24) is 14.2 Å². The van der Waals surface area contributed by atoms with Gasteiger partial charge in [-0.15, -0.1) is 0 Å². The maximum absolute atomic E-state index is 13.3. The number of allylic oxidation sites excluding steroid dienone is 1. The second-order valence-electron chi connectivity index (χ2n) is 8.34. The molecule has 0 spiro atoms. The molecule has 33 heavy (non-hydrogen) atoms. The molecule has 0 radical (unpaired) electrons. The van der Waals surface area contributed by atoms with Crippen LogP contribution in [0.2, 0.25) is 0 Å². The first-order valence-electron chi connectivity index (χ1n) is 10.9. The third kappa shape index (κ3) is 5.43. The highest BCUT2D eigenvalue weighted by Gasteiger charge is 2.35. The Labute approximate surface area is 195 Å². The molecule has 0 saturated heterocycles. The molecule has 178 valence electrons. The van der Waals surface area contributed by atoms with Gasteiger partial charge in [-0.3, -0.25) is 4.79 Å². The molecule has 1 aromatic carbocycles. The Morgan fingerprint density at radius 1 is 1.33 bits per heavy atom. The van der Waals surface area contributed by atoms with Gasteiger partial charge in [0.1, 0.15) is 11.7 Å². The maximum Gasteiger partial charge on any atom is 0.259 e. The molecule has 9 heteroatoms. The van der Waals surface area contributed by atoms with Crippen LogP contribution >= 0.6 is 0 Å². The van der Waals surface area contributed by atoms with Crippen molar-refractivity contribution in [2.24, 2.45) is 5.92 Å². The van der Waals surface area contributed by atoms with Crippen LogP contribution in [0, 0.1) is 5.92 Å². The van der Waals surface area contributed by atoms with Gasteiger partial charge < -0.3 is 14.7 Å². The number of likely N-dealkylation sites (N-methyl/N-ethyl adjacent to an activating group) is 1. The van der Waals surface area contributed by atoms with E-state index in [2.05, 4.69) is 4.98 Å². The molecule has 3 atom stereocenters. The van der Waals surface area contributed by atoms with Crippen LogP contribution in [0.15, 0.2) is 53.6 Å². The van der Waals surface area contributed by atoms with Crippen LogP contribution in [0.5, 0.6) is 5.88 Å². The number of aromatic nitrogens is 1. The van der Waals surface area contributed by atoms with Crippen molar-refractivity contribution >= 4 is 22.0 Å². The van der Waals surface area contributed by atoms with Crippen LogP contribution < -0.4 is 4.74 Å². The topological polar surface area (TPSA) is 100 Å². The molecule has 8 nitrogen and oxygen atoms in total. The summed E-state index contributed by atoms with van der Waals surface area (Å²) in [6.45, 7) is 5.73. The van der Waals surface area contributed by atoms with Crippen molar-refractivity contribution in [2.45, 2.75) is 37.8 Å². The van der Waals surface area contributed by atoms with Gasteiger partial charge in [-0.05, 0) is 37.6 Å². The Kier molecular flexibility index (Phi) is 7.88. The number of hydrogen-bond acceptors (Lipinski definition) is 6. The quantitative estimate of drug-likeness (QED) is 0.664. The molecule has 0 unspecified atom stereocenters. The van der Waals surface area contributed by atoms with Crippen LogP contribution in [0.25, 0.3) is 6.08 Å². The minimum atomic E-state index is -3.72. The highest BCUT2D eigenvalue weighted by molar-refractivity contribution is 7.89. The Morgan fingerprint density at radius 3 is 2.67 bits per heavy atom. The van der Waals surface area contributed by atoms with Gasteiger partial charge in [0.05, 0.1) is 24.1 Å². The molecule has 3 rings (SSSR count). The van der Waals surface area contributed by atoms with E-state index in [-0.39, 0.29) is 41.3 Å². The molecule has 1 amide bonds. The van der Waals surface area contributed by atoms with Crippen molar-refractivity contribution < 1.29 is 23.1 Å². The minimum Gasteiger partial charge on any atom is -0.472 e.